The predicted octanol–water partition coefficient (Wildman–Crippen LogP) is 5.22. The van der Waals surface area contributed by atoms with E-state index in [2.05, 4.69) is 37.4 Å². The van der Waals surface area contributed by atoms with Crippen LogP contribution in [0.1, 0.15) is 16.7 Å². The monoisotopic (exact) mass is 279 g/mol. The average molecular weight is 280 g/mol. The first-order chi connectivity index (χ1) is 8.56. The van der Waals surface area contributed by atoms with Gasteiger partial charge in [0.2, 0.25) is 0 Å². The van der Waals surface area contributed by atoms with Gasteiger partial charge in [0.05, 0.1) is 0 Å². The third-order valence-electron chi connectivity index (χ3n) is 2.87. The van der Waals surface area contributed by atoms with Gasteiger partial charge in [-0.1, -0.05) is 41.4 Å². The van der Waals surface area contributed by atoms with Crippen LogP contribution in [0.3, 0.4) is 0 Å². The Morgan fingerprint density at radius 1 is 0.944 bits per heavy atom. The van der Waals surface area contributed by atoms with Gasteiger partial charge < -0.3 is 5.32 Å². The van der Waals surface area contributed by atoms with Crippen molar-refractivity contribution in [3.8, 4) is 0 Å². The van der Waals surface area contributed by atoms with Crippen LogP contribution in [0.5, 0.6) is 0 Å². The van der Waals surface area contributed by atoms with Gasteiger partial charge in [0.15, 0.2) is 0 Å². The Balaban J connectivity index is 2.16. The van der Waals surface area contributed by atoms with Crippen molar-refractivity contribution in [3.05, 3.63) is 63.1 Å². The maximum Gasteiger partial charge on any atom is 0.0424 e. The van der Waals surface area contributed by atoms with Crippen LogP contribution in [-0.4, -0.2) is 0 Å². The highest BCUT2D eigenvalue weighted by molar-refractivity contribution is 6.34. The molecule has 2 rings (SSSR count). The first kappa shape index (κ1) is 13.3. The smallest absolute Gasteiger partial charge is 0.0424 e. The van der Waals surface area contributed by atoms with Crippen molar-refractivity contribution >= 4 is 28.9 Å². The first-order valence-corrected chi connectivity index (χ1v) is 6.57. The Labute approximate surface area is 118 Å². The maximum absolute atomic E-state index is 5.98. The van der Waals surface area contributed by atoms with Gasteiger partial charge in [-0.2, -0.15) is 0 Å². The van der Waals surface area contributed by atoms with E-state index in [4.69, 9.17) is 23.2 Å². The highest BCUT2D eigenvalue weighted by Gasteiger charge is 2.03. The molecule has 0 unspecified atom stereocenters. The minimum Gasteiger partial charge on any atom is -0.381 e. The molecule has 18 heavy (non-hydrogen) atoms. The molecule has 0 aromatic heterocycles. The molecule has 0 saturated carbocycles. The molecule has 0 fully saturated rings. The van der Waals surface area contributed by atoms with Crippen LogP contribution in [0, 0.1) is 13.8 Å². The molecule has 2 aromatic carbocycles. The van der Waals surface area contributed by atoms with Crippen molar-refractivity contribution in [1.82, 2.24) is 0 Å². The van der Waals surface area contributed by atoms with Crippen LogP contribution < -0.4 is 5.32 Å². The van der Waals surface area contributed by atoms with Crippen LogP contribution in [0.2, 0.25) is 10.0 Å². The molecule has 0 spiro atoms. The second kappa shape index (κ2) is 5.64. The molecule has 1 nitrogen and oxygen atoms in total. The highest BCUT2D eigenvalue weighted by atomic mass is 35.5. The number of rotatable bonds is 3. The molecule has 0 aliphatic rings. The maximum atomic E-state index is 5.98. The Bertz CT molecular complexity index is 524. The van der Waals surface area contributed by atoms with Gasteiger partial charge in [-0.25, -0.2) is 0 Å². The zero-order valence-electron chi connectivity index (χ0n) is 10.4. The fourth-order valence-electron chi connectivity index (χ4n) is 2.00. The number of para-hydroxylation sites is 1. The topological polar surface area (TPSA) is 12.0 Å². The van der Waals surface area contributed by atoms with Crippen molar-refractivity contribution in [2.24, 2.45) is 0 Å². The molecule has 0 atom stereocenters. The van der Waals surface area contributed by atoms with Gasteiger partial charge in [0, 0.05) is 22.3 Å². The summed E-state index contributed by atoms with van der Waals surface area (Å²) in [6, 6.07) is 11.8. The van der Waals surface area contributed by atoms with Crippen LogP contribution in [0.15, 0.2) is 36.4 Å². The van der Waals surface area contributed by atoms with Gasteiger partial charge in [-0.3, -0.25) is 0 Å². The quantitative estimate of drug-likeness (QED) is 0.812. The molecule has 0 heterocycles. The molecule has 0 saturated heterocycles. The molecule has 0 aliphatic heterocycles. The standard InChI is InChI=1S/C15H15Cl2N/c1-10-4-3-5-11(2)15(10)18-9-12-6-13(16)8-14(17)7-12/h3-8,18H,9H2,1-2H3. The molecular weight excluding hydrogens is 265 g/mol. The van der Waals surface area contributed by atoms with Crippen molar-refractivity contribution in [3.63, 3.8) is 0 Å². The lowest BCUT2D eigenvalue weighted by Crippen LogP contribution is -2.02. The number of aryl methyl sites for hydroxylation is 2. The molecule has 0 bridgehead atoms. The summed E-state index contributed by atoms with van der Waals surface area (Å²) in [4.78, 5) is 0. The van der Waals surface area contributed by atoms with E-state index in [1.165, 1.54) is 16.8 Å². The van der Waals surface area contributed by atoms with Crippen LogP contribution in [-0.2, 0) is 6.54 Å². The number of hydrogen-bond donors (Lipinski definition) is 1. The Kier molecular flexibility index (Phi) is 4.15. The minimum atomic E-state index is 0.667. The van der Waals surface area contributed by atoms with E-state index in [9.17, 15) is 0 Å². The highest BCUT2D eigenvalue weighted by Crippen LogP contribution is 2.23. The van der Waals surface area contributed by atoms with E-state index in [1.54, 1.807) is 6.07 Å². The third kappa shape index (κ3) is 3.18. The lowest BCUT2D eigenvalue weighted by molar-refractivity contribution is 1.13. The Morgan fingerprint density at radius 3 is 2.06 bits per heavy atom. The van der Waals surface area contributed by atoms with E-state index in [-0.39, 0.29) is 0 Å². The average Bonchev–Trinajstić information content (AvgIpc) is 2.27. The fourth-order valence-corrected chi connectivity index (χ4v) is 2.57. The van der Waals surface area contributed by atoms with Crippen molar-refractivity contribution < 1.29 is 0 Å². The van der Waals surface area contributed by atoms with Crippen molar-refractivity contribution in [2.45, 2.75) is 20.4 Å². The Hall–Kier alpha value is -1.18. The number of anilines is 1. The predicted molar refractivity (Wildman–Crippen MR) is 79.7 cm³/mol. The molecule has 3 heteroatoms. The fraction of sp³-hybridized carbons (Fsp3) is 0.200. The SMILES string of the molecule is Cc1cccc(C)c1NCc1cc(Cl)cc(Cl)c1. The molecule has 0 aliphatic carbocycles. The summed E-state index contributed by atoms with van der Waals surface area (Å²) in [6.45, 7) is 4.91. The summed E-state index contributed by atoms with van der Waals surface area (Å²) < 4.78 is 0. The van der Waals surface area contributed by atoms with Crippen LogP contribution in [0.25, 0.3) is 0 Å². The van der Waals surface area contributed by atoms with Crippen LogP contribution in [0.4, 0.5) is 5.69 Å². The molecule has 2 aromatic rings. The number of hydrogen-bond acceptors (Lipinski definition) is 1. The normalized spacial score (nSPS) is 10.4. The summed E-state index contributed by atoms with van der Waals surface area (Å²) in [5, 5.41) is 4.77. The van der Waals surface area contributed by atoms with Gasteiger partial charge in [0.1, 0.15) is 0 Å². The van der Waals surface area contributed by atoms with E-state index in [0.29, 0.717) is 16.6 Å². The second-order valence-corrected chi connectivity index (χ2v) is 5.27. The molecular formula is C15H15Cl2N. The largest absolute Gasteiger partial charge is 0.381 e. The Morgan fingerprint density at radius 2 is 1.50 bits per heavy atom. The second-order valence-electron chi connectivity index (χ2n) is 4.40. The van der Waals surface area contributed by atoms with Crippen LogP contribution >= 0.6 is 23.2 Å². The van der Waals surface area contributed by atoms with E-state index >= 15 is 0 Å². The van der Waals surface area contributed by atoms with Crippen molar-refractivity contribution in [1.29, 1.82) is 0 Å². The summed E-state index contributed by atoms with van der Waals surface area (Å²) >= 11 is 12.0. The number of halogens is 2. The number of nitrogens with one attached hydrogen (secondary N) is 1. The van der Waals surface area contributed by atoms with Gasteiger partial charge in [-0.05, 0) is 48.7 Å². The van der Waals surface area contributed by atoms with Gasteiger partial charge >= 0.3 is 0 Å². The first-order valence-electron chi connectivity index (χ1n) is 5.81. The summed E-state index contributed by atoms with van der Waals surface area (Å²) in [5.74, 6) is 0. The van der Waals surface area contributed by atoms with E-state index < -0.39 is 0 Å². The van der Waals surface area contributed by atoms with Gasteiger partial charge in [0.25, 0.3) is 0 Å². The zero-order chi connectivity index (χ0) is 13.1. The van der Waals surface area contributed by atoms with E-state index in [0.717, 1.165) is 5.56 Å². The minimum absolute atomic E-state index is 0.667. The summed E-state index contributed by atoms with van der Waals surface area (Å²) in [7, 11) is 0. The molecule has 0 amide bonds. The van der Waals surface area contributed by atoms with Crippen molar-refractivity contribution in [2.75, 3.05) is 5.32 Å². The van der Waals surface area contributed by atoms with Gasteiger partial charge in [-0.15, -0.1) is 0 Å². The third-order valence-corrected chi connectivity index (χ3v) is 3.31. The summed E-state index contributed by atoms with van der Waals surface area (Å²) in [5.41, 5.74) is 4.73. The zero-order valence-corrected chi connectivity index (χ0v) is 11.9. The van der Waals surface area contributed by atoms with E-state index in [1.807, 2.05) is 12.1 Å². The molecule has 1 N–H and O–H groups in total. The number of benzene rings is 2. The molecule has 0 radical (unpaired) electrons. The molecule has 94 valence electrons. The lowest BCUT2D eigenvalue weighted by atomic mass is 10.1. The lowest BCUT2D eigenvalue weighted by Gasteiger charge is -2.13. The summed E-state index contributed by atoms with van der Waals surface area (Å²) in [6.07, 6.45) is 0.